The van der Waals surface area contributed by atoms with Gasteiger partial charge in [-0.1, -0.05) is 0 Å². The van der Waals surface area contributed by atoms with E-state index in [4.69, 9.17) is 10.5 Å². The smallest absolute Gasteiger partial charge is 0.410 e. The lowest BCUT2D eigenvalue weighted by atomic mass is 10.2. The number of anilines is 1. The topological polar surface area (TPSA) is 99.2 Å². The number of amides is 1. The van der Waals surface area contributed by atoms with E-state index in [0.717, 1.165) is 15.5 Å². The predicted molar refractivity (Wildman–Crippen MR) is 95.9 cm³/mol. The molecule has 0 aliphatic heterocycles. The Morgan fingerprint density at radius 2 is 2.13 bits per heavy atom. The second-order valence-corrected chi connectivity index (χ2v) is 7.25. The molecule has 0 saturated heterocycles. The lowest BCUT2D eigenvalue weighted by Crippen LogP contribution is -2.35. The van der Waals surface area contributed by atoms with Gasteiger partial charge in [-0.05, 0) is 49.8 Å². The number of aryl methyl sites for hydroxylation is 1. The van der Waals surface area contributed by atoms with Crippen LogP contribution in [0.25, 0.3) is 11.0 Å². The van der Waals surface area contributed by atoms with Crippen LogP contribution in [0.1, 0.15) is 27.2 Å². The van der Waals surface area contributed by atoms with Crippen LogP contribution < -0.4 is 5.73 Å². The number of aromatic nitrogens is 4. The van der Waals surface area contributed by atoms with Crippen LogP contribution in [0.15, 0.2) is 6.33 Å². The third kappa shape index (κ3) is 4.43. The van der Waals surface area contributed by atoms with Crippen LogP contribution >= 0.6 is 22.6 Å². The van der Waals surface area contributed by atoms with Gasteiger partial charge in [0.15, 0.2) is 5.65 Å². The van der Waals surface area contributed by atoms with Crippen molar-refractivity contribution in [1.82, 2.24) is 24.6 Å². The number of carbonyl (C=O) groups is 1. The second kappa shape index (κ2) is 6.85. The number of hydrogen-bond donors (Lipinski definition) is 1. The molecule has 23 heavy (non-hydrogen) atoms. The van der Waals surface area contributed by atoms with E-state index in [1.807, 2.05) is 20.8 Å². The molecule has 2 heterocycles. The lowest BCUT2D eigenvalue weighted by molar-refractivity contribution is 0.0295. The Bertz CT molecular complexity index is 709. The van der Waals surface area contributed by atoms with Gasteiger partial charge in [0, 0.05) is 20.1 Å². The fourth-order valence-corrected chi connectivity index (χ4v) is 2.81. The highest BCUT2D eigenvalue weighted by atomic mass is 127. The molecule has 0 aliphatic carbocycles. The van der Waals surface area contributed by atoms with E-state index in [-0.39, 0.29) is 6.09 Å². The number of ether oxygens (including phenoxy) is 1. The maximum atomic E-state index is 11.9. The van der Waals surface area contributed by atoms with Crippen LogP contribution in [0.3, 0.4) is 0 Å². The van der Waals surface area contributed by atoms with Gasteiger partial charge in [-0.2, -0.15) is 5.10 Å². The minimum Gasteiger partial charge on any atom is -0.444 e. The zero-order chi connectivity index (χ0) is 17.2. The second-order valence-electron chi connectivity index (χ2n) is 6.23. The minimum absolute atomic E-state index is 0.330. The number of carbonyl (C=O) groups excluding carboxylic acids is 1. The molecular formula is C14H21IN6O2. The van der Waals surface area contributed by atoms with Crippen molar-refractivity contribution >= 4 is 45.5 Å². The van der Waals surface area contributed by atoms with Crippen molar-refractivity contribution in [2.75, 3.05) is 19.3 Å². The first-order valence-electron chi connectivity index (χ1n) is 7.25. The molecule has 126 valence electrons. The lowest BCUT2D eigenvalue weighted by Gasteiger charge is -2.24. The van der Waals surface area contributed by atoms with Crippen molar-refractivity contribution in [3.05, 3.63) is 10.0 Å². The maximum Gasteiger partial charge on any atom is 0.410 e. The predicted octanol–water partition coefficient (Wildman–Crippen LogP) is 2.27. The van der Waals surface area contributed by atoms with Crippen molar-refractivity contribution in [3.8, 4) is 0 Å². The Morgan fingerprint density at radius 1 is 1.43 bits per heavy atom. The summed E-state index contributed by atoms with van der Waals surface area (Å²) >= 11 is 2.12. The average molecular weight is 432 g/mol. The number of hydrogen-bond acceptors (Lipinski definition) is 6. The first-order valence-corrected chi connectivity index (χ1v) is 8.33. The molecule has 1 amide bonds. The summed E-state index contributed by atoms with van der Waals surface area (Å²) in [6.07, 6.45) is 1.83. The molecule has 2 aromatic heterocycles. The zero-order valence-corrected chi connectivity index (χ0v) is 15.9. The normalized spacial score (nSPS) is 11.7. The van der Waals surface area contributed by atoms with Gasteiger partial charge < -0.3 is 15.4 Å². The Labute approximate surface area is 148 Å². The summed E-state index contributed by atoms with van der Waals surface area (Å²) in [5.74, 6) is 0.427. The zero-order valence-electron chi connectivity index (χ0n) is 13.7. The third-order valence-electron chi connectivity index (χ3n) is 3.08. The fourth-order valence-electron chi connectivity index (χ4n) is 2.03. The van der Waals surface area contributed by atoms with E-state index in [2.05, 4.69) is 37.7 Å². The molecule has 0 fully saturated rings. The number of halogens is 1. The highest BCUT2D eigenvalue weighted by Gasteiger charge is 2.19. The Hall–Kier alpha value is -1.65. The van der Waals surface area contributed by atoms with E-state index in [0.29, 0.717) is 24.6 Å². The minimum atomic E-state index is -0.492. The molecule has 0 aliphatic rings. The number of fused-ring (bicyclic) bond motifs is 1. The first-order chi connectivity index (χ1) is 10.7. The molecule has 0 radical (unpaired) electrons. The summed E-state index contributed by atoms with van der Waals surface area (Å²) in [5.41, 5.74) is 6.09. The Kier molecular flexibility index (Phi) is 5.27. The van der Waals surface area contributed by atoms with Crippen LogP contribution in [0.5, 0.6) is 0 Å². The monoisotopic (exact) mass is 432 g/mol. The van der Waals surface area contributed by atoms with Gasteiger partial charge in [0.05, 0.1) is 5.39 Å². The number of nitrogen functional groups attached to an aromatic ring is 1. The van der Waals surface area contributed by atoms with Gasteiger partial charge >= 0.3 is 6.09 Å². The molecule has 0 aromatic carbocycles. The molecule has 8 nitrogen and oxygen atoms in total. The number of nitrogens with zero attached hydrogens (tertiary/aromatic N) is 5. The van der Waals surface area contributed by atoms with Crippen molar-refractivity contribution in [3.63, 3.8) is 0 Å². The largest absolute Gasteiger partial charge is 0.444 e. The van der Waals surface area contributed by atoms with E-state index in [9.17, 15) is 4.79 Å². The van der Waals surface area contributed by atoms with E-state index < -0.39 is 5.60 Å². The van der Waals surface area contributed by atoms with E-state index in [1.165, 1.54) is 6.33 Å². The van der Waals surface area contributed by atoms with E-state index >= 15 is 0 Å². The standard InChI is InChI=1S/C14H21IN6O2/c1-14(2,3)23-13(22)20(4)6-5-7-21-12-9(10(15)19-21)11(16)17-8-18-12/h8H,5-7H2,1-4H3,(H2,16,17,18). The molecule has 2 N–H and O–H groups in total. The summed E-state index contributed by atoms with van der Waals surface area (Å²) in [7, 11) is 1.72. The van der Waals surface area contributed by atoms with Crippen molar-refractivity contribution in [2.24, 2.45) is 0 Å². The van der Waals surface area contributed by atoms with Crippen LogP contribution in [0.4, 0.5) is 10.6 Å². The van der Waals surface area contributed by atoms with Crippen molar-refractivity contribution < 1.29 is 9.53 Å². The molecule has 0 bridgehead atoms. The molecule has 0 saturated carbocycles. The van der Waals surface area contributed by atoms with Gasteiger partial charge in [0.25, 0.3) is 0 Å². The third-order valence-corrected chi connectivity index (χ3v) is 3.84. The summed E-state index contributed by atoms with van der Waals surface area (Å²) in [4.78, 5) is 21.7. The van der Waals surface area contributed by atoms with E-state index in [1.54, 1.807) is 16.6 Å². The maximum absolute atomic E-state index is 11.9. The van der Waals surface area contributed by atoms with Gasteiger partial charge in [-0.15, -0.1) is 0 Å². The van der Waals surface area contributed by atoms with Gasteiger partial charge in [-0.25, -0.2) is 19.4 Å². The molecule has 9 heteroatoms. The average Bonchev–Trinajstić information content (AvgIpc) is 2.75. The van der Waals surface area contributed by atoms with Crippen LogP contribution in [-0.4, -0.2) is 49.9 Å². The van der Waals surface area contributed by atoms with Crippen LogP contribution in [0, 0.1) is 3.70 Å². The molecule has 0 spiro atoms. The first kappa shape index (κ1) is 17.7. The Balaban J connectivity index is 1.97. The highest BCUT2D eigenvalue weighted by molar-refractivity contribution is 14.1. The molecule has 2 rings (SSSR count). The summed E-state index contributed by atoms with van der Waals surface area (Å²) < 4.78 is 7.88. The highest BCUT2D eigenvalue weighted by Crippen LogP contribution is 2.22. The number of nitrogens with two attached hydrogens (primary N) is 1. The van der Waals surface area contributed by atoms with Crippen LogP contribution in [0.2, 0.25) is 0 Å². The molecule has 2 aromatic rings. The molecular weight excluding hydrogens is 411 g/mol. The van der Waals surface area contributed by atoms with Gasteiger partial charge in [-0.3, -0.25) is 0 Å². The van der Waals surface area contributed by atoms with Crippen LogP contribution in [-0.2, 0) is 11.3 Å². The quantitative estimate of drug-likeness (QED) is 0.745. The van der Waals surface area contributed by atoms with Gasteiger partial charge in [0.2, 0.25) is 0 Å². The van der Waals surface area contributed by atoms with Crippen molar-refractivity contribution in [2.45, 2.75) is 39.3 Å². The summed E-state index contributed by atoms with van der Waals surface area (Å²) in [6.45, 7) is 6.73. The molecule has 0 unspecified atom stereocenters. The van der Waals surface area contributed by atoms with Gasteiger partial charge in [0.1, 0.15) is 21.4 Å². The Morgan fingerprint density at radius 3 is 2.78 bits per heavy atom. The summed E-state index contributed by atoms with van der Waals surface area (Å²) in [6, 6.07) is 0. The number of rotatable bonds is 4. The fraction of sp³-hybridized carbons (Fsp3) is 0.571. The van der Waals surface area contributed by atoms with Crippen molar-refractivity contribution in [1.29, 1.82) is 0 Å². The summed E-state index contributed by atoms with van der Waals surface area (Å²) in [5, 5.41) is 5.21. The SMILES string of the molecule is CN(CCCn1nc(I)c2c(N)ncnc21)C(=O)OC(C)(C)C. The molecule has 0 atom stereocenters.